The van der Waals surface area contributed by atoms with Crippen molar-refractivity contribution in [3.05, 3.63) is 56.6 Å². The Kier molecular flexibility index (Phi) is 4.94. The molecule has 1 aromatic carbocycles. The summed E-state index contributed by atoms with van der Waals surface area (Å²) in [6.45, 7) is 2.80. The number of aromatic nitrogens is 1. The van der Waals surface area contributed by atoms with Crippen molar-refractivity contribution in [2.24, 2.45) is 0 Å². The van der Waals surface area contributed by atoms with Gasteiger partial charge in [0.2, 0.25) is 0 Å². The van der Waals surface area contributed by atoms with Crippen LogP contribution in [0.3, 0.4) is 0 Å². The lowest BCUT2D eigenvalue weighted by Gasteiger charge is -2.07. The van der Waals surface area contributed by atoms with Crippen molar-refractivity contribution >= 4 is 23.4 Å². The van der Waals surface area contributed by atoms with Gasteiger partial charge in [0.15, 0.2) is 0 Å². The van der Waals surface area contributed by atoms with E-state index < -0.39 is 5.97 Å². The fourth-order valence-corrected chi connectivity index (χ4v) is 2.53. The van der Waals surface area contributed by atoms with E-state index in [1.807, 2.05) is 12.3 Å². The number of aryl methyl sites for hydroxylation is 1. The van der Waals surface area contributed by atoms with Gasteiger partial charge < -0.3 is 9.84 Å². The number of benzene rings is 1. The number of hydrogen-bond donors (Lipinski definition) is 1. The number of thiazole rings is 1. The monoisotopic (exact) mass is 305 g/mol. The number of aliphatic carboxylic acids is 1. The van der Waals surface area contributed by atoms with Crippen LogP contribution in [0.2, 0.25) is 0 Å². The van der Waals surface area contributed by atoms with Crippen molar-refractivity contribution in [1.29, 1.82) is 0 Å². The molecule has 21 heavy (non-hydrogen) atoms. The van der Waals surface area contributed by atoms with Gasteiger partial charge in [-0.2, -0.15) is 0 Å². The van der Waals surface area contributed by atoms with Crippen LogP contribution in [0.15, 0.2) is 40.5 Å². The van der Waals surface area contributed by atoms with E-state index in [-0.39, 0.29) is 4.87 Å². The second kappa shape index (κ2) is 6.90. The molecule has 2 aromatic rings. The molecule has 0 fully saturated rings. The van der Waals surface area contributed by atoms with Crippen molar-refractivity contribution in [1.82, 2.24) is 4.57 Å². The smallest absolute Gasteiger partial charge is 0.328 e. The van der Waals surface area contributed by atoms with Gasteiger partial charge in [0.05, 0.1) is 6.54 Å². The summed E-state index contributed by atoms with van der Waals surface area (Å²) in [6.07, 6.45) is 2.60. The number of carbonyl (C=O) groups is 1. The Labute approximate surface area is 125 Å². The fourth-order valence-electron chi connectivity index (χ4n) is 1.77. The van der Waals surface area contributed by atoms with E-state index in [1.165, 1.54) is 17.4 Å². The summed E-state index contributed by atoms with van der Waals surface area (Å²) >= 11 is 1.18. The molecule has 6 heteroatoms. The van der Waals surface area contributed by atoms with Gasteiger partial charge in [0.25, 0.3) is 0 Å². The maximum Gasteiger partial charge on any atom is 0.328 e. The van der Waals surface area contributed by atoms with Crippen LogP contribution in [0.4, 0.5) is 0 Å². The van der Waals surface area contributed by atoms with Gasteiger partial charge in [0.1, 0.15) is 12.4 Å². The molecule has 0 amide bonds. The van der Waals surface area contributed by atoms with E-state index >= 15 is 0 Å². The molecule has 0 atom stereocenters. The quantitative estimate of drug-likeness (QED) is 0.832. The highest BCUT2D eigenvalue weighted by Crippen LogP contribution is 2.13. The molecule has 0 aliphatic rings. The lowest BCUT2D eigenvalue weighted by Crippen LogP contribution is -2.18. The fraction of sp³-hybridized carbons (Fsp3) is 0.200. The van der Waals surface area contributed by atoms with Gasteiger partial charge in [-0.25, -0.2) is 4.79 Å². The third-order valence-corrected chi connectivity index (χ3v) is 3.74. The molecule has 0 saturated heterocycles. The summed E-state index contributed by atoms with van der Waals surface area (Å²) in [7, 11) is 0. The minimum atomic E-state index is -0.980. The van der Waals surface area contributed by atoms with Crippen LogP contribution < -0.4 is 9.61 Å². The van der Waals surface area contributed by atoms with Gasteiger partial charge in [-0.05, 0) is 30.7 Å². The number of carboxylic acid groups (broad SMARTS) is 1. The third-order valence-electron chi connectivity index (χ3n) is 2.86. The summed E-state index contributed by atoms with van der Waals surface area (Å²) in [5.74, 6) is -0.296. The van der Waals surface area contributed by atoms with Crippen molar-refractivity contribution in [3.63, 3.8) is 0 Å². The summed E-state index contributed by atoms with van der Waals surface area (Å²) < 4.78 is 7.25. The number of ether oxygens (including phenoxy) is 1. The zero-order chi connectivity index (χ0) is 15.2. The highest BCUT2D eigenvalue weighted by atomic mass is 32.1. The molecule has 2 rings (SSSR count). The lowest BCUT2D eigenvalue weighted by atomic mass is 10.2. The zero-order valence-electron chi connectivity index (χ0n) is 11.5. The maximum atomic E-state index is 11.5. The Bertz CT molecular complexity index is 697. The average Bonchev–Trinajstić information content (AvgIpc) is 2.78. The van der Waals surface area contributed by atoms with E-state index in [0.29, 0.717) is 18.9 Å². The molecule has 1 N–H and O–H groups in total. The van der Waals surface area contributed by atoms with E-state index in [9.17, 15) is 9.59 Å². The summed E-state index contributed by atoms with van der Waals surface area (Å²) in [5, 5.41) is 10.4. The molecule has 5 nitrogen and oxygen atoms in total. The molecular formula is C15H15NO4S. The molecule has 0 radical (unpaired) electrons. The summed E-state index contributed by atoms with van der Waals surface area (Å²) in [5.41, 5.74) is 1.72. The zero-order valence-corrected chi connectivity index (χ0v) is 12.3. The Hall–Kier alpha value is -2.34. The number of hydrogen-bond acceptors (Lipinski definition) is 4. The standard InChI is InChI=1S/C15H15NO4S/c1-11-10-21-15(19)16(11)8-9-20-13-5-2-12(3-6-13)4-7-14(17)18/h2-7,10H,8-9H2,1H3,(H,17,18). The van der Waals surface area contributed by atoms with Crippen molar-refractivity contribution < 1.29 is 14.6 Å². The molecular weight excluding hydrogens is 290 g/mol. The number of carboxylic acids is 1. The maximum absolute atomic E-state index is 11.5. The van der Waals surface area contributed by atoms with Crippen LogP contribution in [0.25, 0.3) is 6.08 Å². The van der Waals surface area contributed by atoms with E-state index in [0.717, 1.165) is 17.3 Å². The molecule has 1 aromatic heterocycles. The Balaban J connectivity index is 1.89. The normalized spacial score (nSPS) is 10.9. The Morgan fingerprint density at radius 1 is 1.38 bits per heavy atom. The van der Waals surface area contributed by atoms with Gasteiger partial charge in [-0.15, -0.1) is 0 Å². The summed E-state index contributed by atoms with van der Waals surface area (Å²) in [4.78, 5) is 22.0. The molecule has 1 heterocycles. The SMILES string of the molecule is Cc1csc(=O)n1CCOc1ccc(C=CC(=O)O)cc1. The molecule has 0 aliphatic heterocycles. The highest BCUT2D eigenvalue weighted by Gasteiger charge is 2.02. The molecule has 0 bridgehead atoms. The average molecular weight is 305 g/mol. The first-order valence-electron chi connectivity index (χ1n) is 6.35. The van der Waals surface area contributed by atoms with Gasteiger partial charge in [-0.3, -0.25) is 9.36 Å². The van der Waals surface area contributed by atoms with E-state index in [2.05, 4.69) is 0 Å². The van der Waals surface area contributed by atoms with Crippen LogP contribution in [-0.2, 0) is 11.3 Å². The second-order valence-electron chi connectivity index (χ2n) is 4.38. The van der Waals surface area contributed by atoms with Gasteiger partial charge in [0, 0.05) is 17.2 Å². The number of nitrogens with zero attached hydrogens (tertiary/aromatic N) is 1. The van der Waals surface area contributed by atoms with Crippen molar-refractivity contribution in [2.75, 3.05) is 6.61 Å². The van der Waals surface area contributed by atoms with E-state index in [1.54, 1.807) is 28.8 Å². The van der Waals surface area contributed by atoms with Gasteiger partial charge in [-0.1, -0.05) is 23.5 Å². The van der Waals surface area contributed by atoms with Gasteiger partial charge >= 0.3 is 10.8 Å². The topological polar surface area (TPSA) is 68.5 Å². The molecule has 110 valence electrons. The molecule has 0 aliphatic carbocycles. The molecule has 0 spiro atoms. The lowest BCUT2D eigenvalue weighted by molar-refractivity contribution is -0.131. The van der Waals surface area contributed by atoms with E-state index in [4.69, 9.17) is 9.84 Å². The molecule has 0 saturated carbocycles. The van der Waals surface area contributed by atoms with Crippen LogP contribution in [0, 0.1) is 6.92 Å². The second-order valence-corrected chi connectivity index (χ2v) is 5.20. The minimum Gasteiger partial charge on any atom is -0.492 e. The van der Waals surface area contributed by atoms with Crippen LogP contribution >= 0.6 is 11.3 Å². The largest absolute Gasteiger partial charge is 0.492 e. The van der Waals surface area contributed by atoms with Crippen LogP contribution in [0.5, 0.6) is 5.75 Å². The Morgan fingerprint density at radius 3 is 2.67 bits per heavy atom. The first-order chi connectivity index (χ1) is 10.1. The van der Waals surface area contributed by atoms with Crippen molar-refractivity contribution in [3.8, 4) is 5.75 Å². The predicted molar refractivity (Wildman–Crippen MR) is 81.9 cm³/mol. The van der Waals surface area contributed by atoms with Crippen molar-refractivity contribution in [2.45, 2.75) is 13.5 Å². The molecule has 0 unspecified atom stereocenters. The third kappa shape index (κ3) is 4.32. The predicted octanol–water partition coefficient (Wildman–Crippen LogP) is 2.40. The number of rotatable bonds is 6. The Morgan fingerprint density at radius 2 is 2.10 bits per heavy atom. The first kappa shape index (κ1) is 15.1. The highest BCUT2D eigenvalue weighted by molar-refractivity contribution is 7.07. The van der Waals surface area contributed by atoms with Crippen LogP contribution in [0.1, 0.15) is 11.3 Å². The van der Waals surface area contributed by atoms with Crippen LogP contribution in [-0.4, -0.2) is 22.2 Å². The minimum absolute atomic E-state index is 0.0188. The first-order valence-corrected chi connectivity index (χ1v) is 7.23. The summed E-state index contributed by atoms with van der Waals surface area (Å²) in [6, 6.07) is 7.09.